The van der Waals surface area contributed by atoms with Crippen LogP contribution in [0.2, 0.25) is 0 Å². The number of para-hydroxylation sites is 1. The first-order valence-electron chi connectivity index (χ1n) is 10.3. The zero-order valence-electron chi connectivity index (χ0n) is 17.9. The van der Waals surface area contributed by atoms with Gasteiger partial charge in [-0.05, 0) is 35.4 Å². The van der Waals surface area contributed by atoms with E-state index in [1.165, 1.54) is 0 Å². The van der Waals surface area contributed by atoms with E-state index < -0.39 is 0 Å². The maximum absolute atomic E-state index is 6.05. The molecular formula is C26H22N4O2. The summed E-state index contributed by atoms with van der Waals surface area (Å²) in [6.45, 7) is 0.414. The van der Waals surface area contributed by atoms with E-state index in [0.717, 1.165) is 44.6 Å². The van der Waals surface area contributed by atoms with Crippen molar-refractivity contribution < 1.29 is 9.47 Å². The summed E-state index contributed by atoms with van der Waals surface area (Å²) in [5.74, 6) is 1.35. The van der Waals surface area contributed by atoms with Gasteiger partial charge in [0.25, 0.3) is 0 Å². The summed E-state index contributed by atoms with van der Waals surface area (Å²) in [5, 5.41) is 5.52. The predicted molar refractivity (Wildman–Crippen MR) is 125 cm³/mol. The van der Waals surface area contributed by atoms with Crippen molar-refractivity contribution in [1.29, 1.82) is 0 Å². The van der Waals surface area contributed by atoms with Crippen LogP contribution < -0.4 is 9.47 Å². The Morgan fingerprint density at radius 2 is 1.69 bits per heavy atom. The van der Waals surface area contributed by atoms with E-state index in [1.54, 1.807) is 24.2 Å². The molecule has 5 rings (SSSR count). The molecule has 0 radical (unpaired) electrons. The van der Waals surface area contributed by atoms with E-state index in [4.69, 9.17) is 14.5 Å². The van der Waals surface area contributed by atoms with E-state index in [1.807, 2.05) is 80.0 Å². The molecule has 0 saturated carbocycles. The quantitative estimate of drug-likeness (QED) is 0.372. The highest BCUT2D eigenvalue weighted by Crippen LogP contribution is 2.32. The summed E-state index contributed by atoms with van der Waals surface area (Å²) in [6.07, 6.45) is 5.48. The molecule has 0 bridgehead atoms. The number of ether oxygens (including phenoxy) is 2. The van der Waals surface area contributed by atoms with Crippen LogP contribution in [-0.2, 0) is 13.7 Å². The molecule has 0 unspecified atom stereocenters. The minimum Gasteiger partial charge on any atom is -0.494 e. The first kappa shape index (κ1) is 19.8. The van der Waals surface area contributed by atoms with Gasteiger partial charge in [0.1, 0.15) is 18.1 Å². The number of aryl methyl sites for hydroxylation is 1. The number of nitrogens with zero attached hydrogens (tertiary/aromatic N) is 4. The number of rotatable bonds is 6. The SMILES string of the molecule is COc1cc2ccccc2nc1-c1ccc(COc2nn(C)cc2-c2ccncc2)cc1. The standard InChI is InChI=1S/C26H22N4O2/c1-30-16-22(19-11-13-27-14-12-19)26(29-30)32-17-18-7-9-20(10-8-18)25-24(31-2)15-21-5-3-4-6-23(21)28-25/h3-16H,17H2,1-2H3. The lowest BCUT2D eigenvalue weighted by atomic mass is 10.1. The Kier molecular flexibility index (Phi) is 5.25. The molecule has 0 N–H and O–H groups in total. The summed E-state index contributed by atoms with van der Waals surface area (Å²) in [4.78, 5) is 8.89. The van der Waals surface area contributed by atoms with E-state index >= 15 is 0 Å². The molecule has 6 nitrogen and oxygen atoms in total. The molecular weight excluding hydrogens is 400 g/mol. The van der Waals surface area contributed by atoms with Crippen LogP contribution in [0.15, 0.2) is 85.3 Å². The van der Waals surface area contributed by atoms with Gasteiger partial charge in [-0.1, -0.05) is 42.5 Å². The van der Waals surface area contributed by atoms with Crippen LogP contribution in [0.25, 0.3) is 33.3 Å². The zero-order chi connectivity index (χ0) is 21.9. The van der Waals surface area contributed by atoms with Crippen LogP contribution in [0.4, 0.5) is 0 Å². The largest absolute Gasteiger partial charge is 0.494 e. The number of hydrogen-bond acceptors (Lipinski definition) is 5. The Bertz CT molecular complexity index is 1360. The van der Waals surface area contributed by atoms with Crippen molar-refractivity contribution in [2.45, 2.75) is 6.61 Å². The Hall–Kier alpha value is -4.19. The van der Waals surface area contributed by atoms with Crippen LogP contribution in [0.1, 0.15) is 5.56 Å². The van der Waals surface area contributed by atoms with Crippen molar-refractivity contribution >= 4 is 10.9 Å². The van der Waals surface area contributed by atoms with Crippen LogP contribution in [0, 0.1) is 0 Å². The van der Waals surface area contributed by atoms with Crippen LogP contribution >= 0.6 is 0 Å². The van der Waals surface area contributed by atoms with Gasteiger partial charge in [-0.15, -0.1) is 5.10 Å². The molecule has 0 atom stereocenters. The molecule has 0 amide bonds. The van der Waals surface area contributed by atoms with Crippen molar-refractivity contribution in [3.05, 3.63) is 90.9 Å². The number of methoxy groups -OCH3 is 1. The summed E-state index contributed by atoms with van der Waals surface area (Å²) in [6, 6.07) is 22.1. The minimum atomic E-state index is 0.414. The number of aromatic nitrogens is 4. The lowest BCUT2D eigenvalue weighted by molar-refractivity contribution is 0.292. The van der Waals surface area contributed by atoms with Gasteiger partial charge in [-0.3, -0.25) is 9.67 Å². The van der Waals surface area contributed by atoms with E-state index in [-0.39, 0.29) is 0 Å². The third-order valence-electron chi connectivity index (χ3n) is 5.30. The van der Waals surface area contributed by atoms with Crippen molar-refractivity contribution in [2.24, 2.45) is 7.05 Å². The summed E-state index contributed by atoms with van der Waals surface area (Å²) in [5.41, 5.74) is 5.76. The van der Waals surface area contributed by atoms with E-state index in [9.17, 15) is 0 Å². The fraction of sp³-hybridized carbons (Fsp3) is 0.115. The molecule has 0 fully saturated rings. The van der Waals surface area contributed by atoms with Gasteiger partial charge in [0.15, 0.2) is 0 Å². The van der Waals surface area contributed by atoms with Crippen molar-refractivity contribution in [2.75, 3.05) is 7.11 Å². The number of hydrogen-bond donors (Lipinski definition) is 0. The van der Waals surface area contributed by atoms with Crippen LogP contribution in [0.5, 0.6) is 11.6 Å². The first-order chi connectivity index (χ1) is 15.7. The molecule has 3 heterocycles. The lowest BCUT2D eigenvalue weighted by Crippen LogP contribution is -1.98. The molecule has 158 valence electrons. The Morgan fingerprint density at radius 1 is 0.906 bits per heavy atom. The number of benzene rings is 2. The zero-order valence-corrected chi connectivity index (χ0v) is 17.9. The number of pyridine rings is 2. The second-order valence-corrected chi connectivity index (χ2v) is 7.48. The monoisotopic (exact) mass is 422 g/mol. The van der Waals surface area contributed by atoms with Crippen molar-refractivity contribution in [3.63, 3.8) is 0 Å². The maximum atomic E-state index is 6.05. The highest BCUT2D eigenvalue weighted by Gasteiger charge is 2.13. The Balaban J connectivity index is 1.37. The first-order valence-corrected chi connectivity index (χ1v) is 10.3. The summed E-state index contributed by atoms with van der Waals surface area (Å²) < 4.78 is 13.4. The maximum Gasteiger partial charge on any atom is 0.241 e. The second-order valence-electron chi connectivity index (χ2n) is 7.48. The summed E-state index contributed by atoms with van der Waals surface area (Å²) in [7, 11) is 3.56. The third kappa shape index (κ3) is 3.90. The highest BCUT2D eigenvalue weighted by atomic mass is 16.5. The van der Waals surface area contributed by atoms with E-state index in [2.05, 4.69) is 10.1 Å². The minimum absolute atomic E-state index is 0.414. The van der Waals surface area contributed by atoms with Gasteiger partial charge in [-0.25, -0.2) is 4.98 Å². The van der Waals surface area contributed by atoms with Gasteiger partial charge in [0.2, 0.25) is 5.88 Å². The molecule has 2 aromatic carbocycles. The van der Waals surface area contributed by atoms with Crippen molar-refractivity contribution in [3.8, 4) is 34.0 Å². The van der Waals surface area contributed by atoms with Gasteiger partial charge in [0.05, 0.1) is 18.2 Å². The average Bonchev–Trinajstić information content (AvgIpc) is 3.23. The molecule has 3 aromatic heterocycles. The predicted octanol–water partition coefficient (Wildman–Crippen LogP) is 5.28. The third-order valence-corrected chi connectivity index (χ3v) is 5.30. The van der Waals surface area contributed by atoms with Gasteiger partial charge < -0.3 is 9.47 Å². The fourth-order valence-electron chi connectivity index (χ4n) is 3.67. The molecule has 0 aliphatic carbocycles. The average molecular weight is 422 g/mol. The fourth-order valence-corrected chi connectivity index (χ4v) is 3.67. The molecule has 6 heteroatoms. The van der Waals surface area contributed by atoms with Crippen LogP contribution in [-0.4, -0.2) is 26.9 Å². The van der Waals surface area contributed by atoms with Gasteiger partial charge in [-0.2, -0.15) is 0 Å². The van der Waals surface area contributed by atoms with Gasteiger partial charge >= 0.3 is 0 Å². The van der Waals surface area contributed by atoms with E-state index in [0.29, 0.717) is 12.5 Å². The molecule has 5 aromatic rings. The molecule has 0 saturated heterocycles. The van der Waals surface area contributed by atoms with Gasteiger partial charge in [0, 0.05) is 36.6 Å². The van der Waals surface area contributed by atoms with Crippen molar-refractivity contribution in [1.82, 2.24) is 19.7 Å². The lowest BCUT2D eigenvalue weighted by Gasteiger charge is -2.11. The second kappa shape index (κ2) is 8.51. The highest BCUT2D eigenvalue weighted by molar-refractivity contribution is 5.84. The van der Waals surface area contributed by atoms with Crippen LogP contribution in [0.3, 0.4) is 0 Å². The Morgan fingerprint density at radius 3 is 2.47 bits per heavy atom. The molecule has 32 heavy (non-hydrogen) atoms. The smallest absolute Gasteiger partial charge is 0.241 e. The topological polar surface area (TPSA) is 62.1 Å². The normalized spacial score (nSPS) is 10.9. The molecule has 0 aliphatic heterocycles. The molecule has 0 spiro atoms. The summed E-state index contributed by atoms with van der Waals surface area (Å²) >= 11 is 0. The molecule has 0 aliphatic rings. The number of fused-ring (bicyclic) bond motifs is 1. The Labute approximate surface area is 186 Å².